The molecular formula is C11H15FN6. The van der Waals surface area contributed by atoms with E-state index in [4.69, 9.17) is 0 Å². The lowest BCUT2D eigenvalue weighted by atomic mass is 10.3. The van der Waals surface area contributed by atoms with Crippen LogP contribution in [-0.4, -0.2) is 31.5 Å². The molecule has 18 heavy (non-hydrogen) atoms. The molecule has 0 saturated carbocycles. The van der Waals surface area contributed by atoms with Crippen LogP contribution < -0.4 is 5.32 Å². The fourth-order valence-corrected chi connectivity index (χ4v) is 1.61. The maximum atomic E-state index is 13.8. The SMILES string of the molecule is CCCn1nncc1-c1nc(NCC)ncc1F. The van der Waals surface area contributed by atoms with Crippen LogP contribution in [0.3, 0.4) is 0 Å². The smallest absolute Gasteiger partial charge is 0.223 e. The fraction of sp³-hybridized carbons (Fsp3) is 0.455. The Bertz CT molecular complexity index is 524. The lowest BCUT2D eigenvalue weighted by Gasteiger charge is -2.07. The van der Waals surface area contributed by atoms with Crippen molar-refractivity contribution in [2.45, 2.75) is 26.8 Å². The number of aromatic nitrogens is 5. The molecule has 0 amide bonds. The van der Waals surface area contributed by atoms with Crippen molar-refractivity contribution >= 4 is 5.95 Å². The molecule has 2 heterocycles. The molecule has 0 unspecified atom stereocenters. The van der Waals surface area contributed by atoms with E-state index in [2.05, 4.69) is 25.6 Å². The largest absolute Gasteiger partial charge is 0.354 e. The summed E-state index contributed by atoms with van der Waals surface area (Å²) in [7, 11) is 0. The highest BCUT2D eigenvalue weighted by Crippen LogP contribution is 2.20. The normalized spacial score (nSPS) is 10.6. The molecule has 0 aliphatic heterocycles. The molecule has 0 radical (unpaired) electrons. The summed E-state index contributed by atoms with van der Waals surface area (Å²) in [5.41, 5.74) is 0.787. The van der Waals surface area contributed by atoms with E-state index in [0.29, 0.717) is 24.7 Å². The minimum atomic E-state index is -0.476. The minimum absolute atomic E-state index is 0.222. The number of hydrogen-bond donors (Lipinski definition) is 1. The lowest BCUT2D eigenvalue weighted by molar-refractivity contribution is 0.575. The summed E-state index contributed by atoms with van der Waals surface area (Å²) >= 11 is 0. The number of hydrogen-bond acceptors (Lipinski definition) is 5. The zero-order chi connectivity index (χ0) is 13.0. The summed E-state index contributed by atoms with van der Waals surface area (Å²) in [5, 5.41) is 10.7. The number of aryl methyl sites for hydroxylation is 1. The monoisotopic (exact) mass is 250 g/mol. The average molecular weight is 250 g/mol. The van der Waals surface area contributed by atoms with E-state index in [0.717, 1.165) is 12.6 Å². The molecule has 2 aromatic heterocycles. The molecule has 0 spiro atoms. The Balaban J connectivity index is 2.42. The van der Waals surface area contributed by atoms with Gasteiger partial charge in [0.25, 0.3) is 0 Å². The highest BCUT2D eigenvalue weighted by molar-refractivity contribution is 5.55. The highest BCUT2D eigenvalue weighted by atomic mass is 19.1. The molecule has 0 aromatic carbocycles. The molecule has 0 saturated heterocycles. The zero-order valence-electron chi connectivity index (χ0n) is 10.4. The Labute approximate surface area is 104 Å². The Hall–Kier alpha value is -2.05. The number of nitrogens with one attached hydrogen (secondary N) is 1. The van der Waals surface area contributed by atoms with Crippen LogP contribution in [0, 0.1) is 5.82 Å². The predicted octanol–water partition coefficient (Wildman–Crippen LogP) is 1.72. The van der Waals surface area contributed by atoms with Gasteiger partial charge in [-0.05, 0) is 13.3 Å². The van der Waals surface area contributed by atoms with Crippen molar-refractivity contribution < 1.29 is 4.39 Å². The maximum absolute atomic E-state index is 13.8. The quantitative estimate of drug-likeness (QED) is 0.875. The van der Waals surface area contributed by atoms with Crippen molar-refractivity contribution in [1.82, 2.24) is 25.0 Å². The third-order valence-corrected chi connectivity index (χ3v) is 2.37. The van der Waals surface area contributed by atoms with Crippen LogP contribution >= 0.6 is 0 Å². The van der Waals surface area contributed by atoms with Crippen molar-refractivity contribution in [2.24, 2.45) is 0 Å². The molecule has 6 nitrogen and oxygen atoms in total. The second kappa shape index (κ2) is 5.52. The Morgan fingerprint density at radius 2 is 2.17 bits per heavy atom. The molecule has 96 valence electrons. The topological polar surface area (TPSA) is 68.5 Å². The summed E-state index contributed by atoms with van der Waals surface area (Å²) in [4.78, 5) is 8.02. The Kier molecular flexibility index (Phi) is 3.81. The summed E-state index contributed by atoms with van der Waals surface area (Å²) in [5.74, 6) is -0.0746. The standard InChI is InChI=1S/C11H15FN6/c1-3-5-18-9(7-15-17-18)10-8(12)6-14-11(16-10)13-4-2/h6-7H,3-5H2,1-2H3,(H,13,14,16). The van der Waals surface area contributed by atoms with E-state index in [9.17, 15) is 4.39 Å². The second-order valence-electron chi connectivity index (χ2n) is 3.76. The van der Waals surface area contributed by atoms with Gasteiger partial charge in [-0.1, -0.05) is 12.1 Å². The van der Waals surface area contributed by atoms with Gasteiger partial charge in [0.1, 0.15) is 11.4 Å². The van der Waals surface area contributed by atoms with Gasteiger partial charge in [-0.25, -0.2) is 19.0 Å². The zero-order valence-corrected chi connectivity index (χ0v) is 10.4. The number of anilines is 1. The van der Waals surface area contributed by atoms with E-state index in [1.807, 2.05) is 13.8 Å². The predicted molar refractivity (Wildman–Crippen MR) is 65.5 cm³/mol. The summed E-state index contributed by atoms with van der Waals surface area (Å²) in [6, 6.07) is 0. The van der Waals surface area contributed by atoms with Gasteiger partial charge < -0.3 is 5.32 Å². The molecule has 1 N–H and O–H groups in total. The second-order valence-corrected chi connectivity index (χ2v) is 3.76. The van der Waals surface area contributed by atoms with Crippen LogP contribution in [0.5, 0.6) is 0 Å². The van der Waals surface area contributed by atoms with Gasteiger partial charge in [-0.15, -0.1) is 5.10 Å². The number of rotatable bonds is 5. The molecule has 7 heteroatoms. The lowest BCUT2D eigenvalue weighted by Crippen LogP contribution is -2.07. The number of nitrogens with zero attached hydrogens (tertiary/aromatic N) is 5. The van der Waals surface area contributed by atoms with E-state index >= 15 is 0 Å². The average Bonchev–Trinajstić information content (AvgIpc) is 2.81. The van der Waals surface area contributed by atoms with Gasteiger partial charge in [0.05, 0.1) is 12.4 Å². The first-order valence-corrected chi connectivity index (χ1v) is 5.91. The molecule has 0 aliphatic rings. The summed E-state index contributed by atoms with van der Waals surface area (Å²) in [6.07, 6.45) is 3.56. The molecule has 0 atom stereocenters. The van der Waals surface area contributed by atoms with Crippen LogP contribution in [0.15, 0.2) is 12.4 Å². The van der Waals surface area contributed by atoms with Crippen LogP contribution in [0.25, 0.3) is 11.4 Å². The van der Waals surface area contributed by atoms with Gasteiger partial charge in [-0.3, -0.25) is 0 Å². The Morgan fingerprint density at radius 1 is 1.33 bits per heavy atom. The number of halogens is 1. The van der Waals surface area contributed by atoms with Crippen LogP contribution in [0.1, 0.15) is 20.3 Å². The Morgan fingerprint density at radius 3 is 2.89 bits per heavy atom. The van der Waals surface area contributed by atoms with E-state index in [1.165, 1.54) is 6.20 Å². The molecular weight excluding hydrogens is 235 g/mol. The minimum Gasteiger partial charge on any atom is -0.354 e. The highest BCUT2D eigenvalue weighted by Gasteiger charge is 2.14. The van der Waals surface area contributed by atoms with E-state index in [-0.39, 0.29) is 5.69 Å². The first-order chi connectivity index (χ1) is 8.76. The van der Waals surface area contributed by atoms with Gasteiger partial charge >= 0.3 is 0 Å². The van der Waals surface area contributed by atoms with Crippen molar-refractivity contribution in [3.05, 3.63) is 18.2 Å². The van der Waals surface area contributed by atoms with Gasteiger partial charge in [0, 0.05) is 13.1 Å². The van der Waals surface area contributed by atoms with Gasteiger partial charge in [0.15, 0.2) is 5.82 Å². The van der Waals surface area contributed by atoms with Crippen molar-refractivity contribution in [3.8, 4) is 11.4 Å². The van der Waals surface area contributed by atoms with Crippen LogP contribution in [0.4, 0.5) is 10.3 Å². The van der Waals surface area contributed by atoms with Crippen molar-refractivity contribution in [2.75, 3.05) is 11.9 Å². The summed E-state index contributed by atoms with van der Waals surface area (Å²) in [6.45, 7) is 5.30. The van der Waals surface area contributed by atoms with E-state index < -0.39 is 5.82 Å². The van der Waals surface area contributed by atoms with Crippen molar-refractivity contribution in [3.63, 3.8) is 0 Å². The molecule has 0 bridgehead atoms. The third-order valence-electron chi connectivity index (χ3n) is 2.37. The first-order valence-electron chi connectivity index (χ1n) is 5.91. The van der Waals surface area contributed by atoms with Gasteiger partial charge in [-0.2, -0.15) is 0 Å². The van der Waals surface area contributed by atoms with E-state index in [1.54, 1.807) is 4.68 Å². The van der Waals surface area contributed by atoms with Crippen LogP contribution in [0.2, 0.25) is 0 Å². The summed E-state index contributed by atoms with van der Waals surface area (Å²) < 4.78 is 15.4. The maximum Gasteiger partial charge on any atom is 0.223 e. The van der Waals surface area contributed by atoms with Crippen molar-refractivity contribution in [1.29, 1.82) is 0 Å². The molecule has 0 aliphatic carbocycles. The fourth-order valence-electron chi connectivity index (χ4n) is 1.61. The molecule has 2 aromatic rings. The third kappa shape index (κ3) is 2.44. The molecule has 0 fully saturated rings. The van der Waals surface area contributed by atoms with Crippen LogP contribution in [-0.2, 0) is 6.54 Å². The first kappa shape index (κ1) is 12.4. The van der Waals surface area contributed by atoms with Gasteiger partial charge in [0.2, 0.25) is 5.95 Å². The molecule has 2 rings (SSSR count).